The van der Waals surface area contributed by atoms with Gasteiger partial charge in [-0.1, -0.05) is 35.9 Å². The highest BCUT2D eigenvalue weighted by Crippen LogP contribution is 2.40. The number of para-hydroxylation sites is 2. The van der Waals surface area contributed by atoms with Crippen molar-refractivity contribution in [2.45, 2.75) is 26.7 Å². The normalized spacial score (nSPS) is 19.4. The number of carbonyl (C=O) groups is 2. The number of aliphatic hydroxyl groups is 1. The summed E-state index contributed by atoms with van der Waals surface area (Å²) in [4.78, 5) is 30.7. The molecule has 0 bridgehead atoms. The van der Waals surface area contributed by atoms with E-state index in [0.717, 1.165) is 29.5 Å². The average molecular weight is 421 g/mol. The smallest absolute Gasteiger partial charge is 0.282 e. The van der Waals surface area contributed by atoms with Crippen LogP contribution in [0, 0.1) is 19.8 Å². The number of amides is 2. The van der Waals surface area contributed by atoms with E-state index in [4.69, 9.17) is 4.74 Å². The third-order valence-corrected chi connectivity index (χ3v) is 6.13. The summed E-state index contributed by atoms with van der Waals surface area (Å²) < 4.78 is 5.44. The Morgan fingerprint density at radius 1 is 1.10 bits per heavy atom. The number of piperidine rings is 1. The predicted molar refractivity (Wildman–Crippen MR) is 120 cm³/mol. The van der Waals surface area contributed by atoms with E-state index in [9.17, 15) is 14.7 Å². The molecular weight excluding hydrogens is 392 g/mol. The molecule has 0 aliphatic carbocycles. The zero-order valence-corrected chi connectivity index (χ0v) is 18.2. The minimum Gasteiger partial charge on any atom is -0.495 e. The van der Waals surface area contributed by atoms with Gasteiger partial charge >= 0.3 is 0 Å². The first-order valence-corrected chi connectivity index (χ1v) is 10.7. The van der Waals surface area contributed by atoms with E-state index in [1.54, 1.807) is 18.2 Å². The molecule has 162 valence electrons. The molecule has 1 fully saturated rings. The van der Waals surface area contributed by atoms with Crippen molar-refractivity contribution in [1.82, 2.24) is 4.90 Å². The van der Waals surface area contributed by atoms with Gasteiger partial charge in [-0.2, -0.15) is 0 Å². The van der Waals surface area contributed by atoms with Crippen molar-refractivity contribution in [1.29, 1.82) is 0 Å². The van der Waals surface area contributed by atoms with Gasteiger partial charge in [0.2, 0.25) is 0 Å². The number of hydrogen-bond acceptors (Lipinski definition) is 5. The third kappa shape index (κ3) is 3.72. The number of benzene rings is 2. The number of aryl methyl sites for hydroxylation is 2. The van der Waals surface area contributed by atoms with Crippen molar-refractivity contribution in [3.63, 3.8) is 0 Å². The summed E-state index contributed by atoms with van der Waals surface area (Å²) in [7, 11) is 1.53. The fraction of sp³-hybridized carbons (Fsp3) is 0.360. The first kappa shape index (κ1) is 21.1. The maximum absolute atomic E-state index is 13.7. The van der Waals surface area contributed by atoms with Gasteiger partial charge in [0.05, 0.1) is 18.4 Å². The first-order chi connectivity index (χ1) is 15.0. The maximum atomic E-state index is 13.7. The van der Waals surface area contributed by atoms with Crippen molar-refractivity contribution in [2.75, 3.05) is 31.7 Å². The van der Waals surface area contributed by atoms with E-state index in [-0.39, 0.29) is 24.3 Å². The second-order valence-corrected chi connectivity index (χ2v) is 8.30. The van der Waals surface area contributed by atoms with Crippen LogP contribution in [-0.2, 0) is 9.59 Å². The Morgan fingerprint density at radius 3 is 2.58 bits per heavy atom. The quantitative estimate of drug-likeness (QED) is 0.752. The molecule has 6 heteroatoms. The van der Waals surface area contributed by atoms with Gasteiger partial charge in [0.25, 0.3) is 11.8 Å². The van der Waals surface area contributed by atoms with Gasteiger partial charge in [-0.25, -0.2) is 4.90 Å². The van der Waals surface area contributed by atoms with E-state index in [1.165, 1.54) is 12.0 Å². The monoisotopic (exact) mass is 420 g/mol. The molecule has 1 saturated heterocycles. The van der Waals surface area contributed by atoms with Gasteiger partial charge in [-0.05, 0) is 55.9 Å². The van der Waals surface area contributed by atoms with E-state index >= 15 is 0 Å². The molecule has 1 atom stereocenters. The fourth-order valence-corrected chi connectivity index (χ4v) is 4.60. The summed E-state index contributed by atoms with van der Waals surface area (Å²) >= 11 is 0. The predicted octanol–water partition coefficient (Wildman–Crippen LogP) is 3.30. The van der Waals surface area contributed by atoms with Crippen molar-refractivity contribution < 1.29 is 19.4 Å². The number of anilines is 1. The number of aliphatic hydroxyl groups excluding tert-OH is 1. The molecule has 4 rings (SSSR count). The number of hydrogen-bond donors (Lipinski definition) is 1. The van der Waals surface area contributed by atoms with E-state index in [0.29, 0.717) is 35.8 Å². The zero-order valence-electron chi connectivity index (χ0n) is 18.2. The summed E-state index contributed by atoms with van der Waals surface area (Å²) in [5.74, 6) is -0.132. The Labute approximate surface area is 182 Å². The van der Waals surface area contributed by atoms with Crippen LogP contribution in [0.3, 0.4) is 0 Å². The second kappa shape index (κ2) is 8.55. The zero-order chi connectivity index (χ0) is 22.1. The highest BCUT2D eigenvalue weighted by molar-refractivity contribution is 6.45. The molecule has 1 unspecified atom stereocenters. The lowest BCUT2D eigenvalue weighted by Crippen LogP contribution is -2.40. The Bertz CT molecular complexity index is 1060. The average Bonchev–Trinajstić information content (AvgIpc) is 3.03. The highest BCUT2D eigenvalue weighted by Gasteiger charge is 2.44. The lowest BCUT2D eigenvalue weighted by Gasteiger charge is -2.34. The third-order valence-electron chi connectivity index (χ3n) is 6.13. The van der Waals surface area contributed by atoms with Crippen LogP contribution in [0.15, 0.2) is 48.2 Å². The number of rotatable bonds is 5. The highest BCUT2D eigenvalue weighted by atomic mass is 16.5. The molecular formula is C25H28N2O4. The van der Waals surface area contributed by atoms with Crippen molar-refractivity contribution in [3.05, 3.63) is 64.9 Å². The lowest BCUT2D eigenvalue weighted by molar-refractivity contribution is -0.120. The molecule has 31 heavy (non-hydrogen) atoms. The Morgan fingerprint density at radius 2 is 1.87 bits per heavy atom. The molecule has 0 radical (unpaired) electrons. The molecule has 2 aromatic rings. The Kier molecular flexibility index (Phi) is 5.83. The lowest BCUT2D eigenvalue weighted by atomic mass is 9.95. The molecule has 2 aliphatic rings. The van der Waals surface area contributed by atoms with Gasteiger partial charge in [0, 0.05) is 19.7 Å². The van der Waals surface area contributed by atoms with Crippen LogP contribution in [0.5, 0.6) is 5.75 Å². The van der Waals surface area contributed by atoms with E-state index in [2.05, 4.69) is 0 Å². The number of carbonyl (C=O) groups excluding carboxylic acids is 2. The first-order valence-electron chi connectivity index (χ1n) is 10.7. The van der Waals surface area contributed by atoms with Crippen LogP contribution < -0.4 is 9.64 Å². The summed E-state index contributed by atoms with van der Waals surface area (Å²) in [6.07, 6.45) is 1.78. The van der Waals surface area contributed by atoms with Crippen molar-refractivity contribution >= 4 is 23.1 Å². The van der Waals surface area contributed by atoms with E-state index in [1.807, 2.05) is 43.0 Å². The SMILES string of the molecule is COc1ccccc1N1C(=O)C(c2ccc(C)cc2C)=C(N2CCCC(CO)C2)C1=O. The standard InChI is InChI=1S/C25H28N2O4/c1-16-10-11-19(17(2)13-16)22-23(26-12-6-7-18(14-26)15-28)25(30)27(24(22)29)20-8-4-5-9-21(20)31-3/h4-5,8-11,13,18,28H,6-7,12,14-15H2,1-3H3. The number of methoxy groups -OCH3 is 1. The van der Waals surface area contributed by atoms with Gasteiger partial charge in [-0.15, -0.1) is 0 Å². The van der Waals surface area contributed by atoms with Gasteiger partial charge in [-0.3, -0.25) is 9.59 Å². The Hall–Kier alpha value is -3.12. The minimum absolute atomic E-state index is 0.0705. The number of nitrogens with zero attached hydrogens (tertiary/aromatic N) is 2. The van der Waals surface area contributed by atoms with Crippen LogP contribution >= 0.6 is 0 Å². The topological polar surface area (TPSA) is 70.1 Å². The fourth-order valence-electron chi connectivity index (χ4n) is 4.60. The Balaban J connectivity index is 1.87. The van der Waals surface area contributed by atoms with E-state index < -0.39 is 0 Å². The molecule has 6 nitrogen and oxygen atoms in total. The largest absolute Gasteiger partial charge is 0.495 e. The maximum Gasteiger partial charge on any atom is 0.282 e. The minimum atomic E-state index is -0.345. The summed E-state index contributed by atoms with van der Waals surface area (Å²) in [5.41, 5.74) is 4.09. The molecule has 0 spiro atoms. The summed E-state index contributed by atoms with van der Waals surface area (Å²) in [6, 6.07) is 13.0. The van der Waals surface area contributed by atoms with Gasteiger partial charge < -0.3 is 14.7 Å². The van der Waals surface area contributed by atoms with Gasteiger partial charge in [0.1, 0.15) is 11.4 Å². The molecule has 2 aromatic carbocycles. The number of likely N-dealkylation sites (tertiary alicyclic amines) is 1. The van der Waals surface area contributed by atoms with Crippen LogP contribution in [-0.4, -0.2) is 48.6 Å². The van der Waals surface area contributed by atoms with Crippen LogP contribution in [0.25, 0.3) is 5.57 Å². The number of ether oxygens (including phenoxy) is 1. The van der Waals surface area contributed by atoms with Crippen LogP contribution in [0.2, 0.25) is 0 Å². The van der Waals surface area contributed by atoms with Crippen LogP contribution in [0.1, 0.15) is 29.5 Å². The molecule has 2 aliphatic heterocycles. The van der Waals surface area contributed by atoms with Crippen LogP contribution in [0.4, 0.5) is 5.69 Å². The molecule has 1 N–H and O–H groups in total. The molecule has 2 amide bonds. The van der Waals surface area contributed by atoms with Crippen molar-refractivity contribution in [3.8, 4) is 5.75 Å². The van der Waals surface area contributed by atoms with Crippen molar-refractivity contribution in [2.24, 2.45) is 5.92 Å². The molecule has 0 saturated carbocycles. The molecule has 0 aromatic heterocycles. The molecule has 2 heterocycles. The van der Waals surface area contributed by atoms with Gasteiger partial charge in [0.15, 0.2) is 0 Å². The second-order valence-electron chi connectivity index (χ2n) is 8.30. The summed E-state index contributed by atoms with van der Waals surface area (Å²) in [6.45, 7) is 5.27. The summed E-state index contributed by atoms with van der Waals surface area (Å²) in [5, 5.41) is 9.70. The number of imide groups is 1.